The first-order valence-electron chi connectivity index (χ1n) is 10.5. The highest BCUT2D eigenvalue weighted by Crippen LogP contribution is 2.49. The van der Waals surface area contributed by atoms with E-state index in [-0.39, 0.29) is 17.0 Å². The van der Waals surface area contributed by atoms with Crippen molar-refractivity contribution in [2.24, 2.45) is 11.8 Å². The first kappa shape index (κ1) is 20.4. The minimum atomic E-state index is -4.48. The van der Waals surface area contributed by atoms with E-state index in [0.29, 0.717) is 23.8 Å². The minimum Gasteiger partial charge on any atom is -0.206 e. The maximum absolute atomic E-state index is 15.3. The molecule has 3 unspecified atom stereocenters. The molecule has 0 aromatic heterocycles. The molecule has 0 spiro atoms. The summed E-state index contributed by atoms with van der Waals surface area (Å²) in [6, 6.07) is 5.50. The molecule has 5 heteroatoms. The lowest BCUT2D eigenvalue weighted by molar-refractivity contribution is -0.137. The number of hydrogen-bond donors (Lipinski definition) is 0. The SMILES string of the molecule is CCCC1CCC2c3cc(F)c(-c4ccc(C(F)(F)F)cc4)c(F)c3CCC2C1. The van der Waals surface area contributed by atoms with Crippen molar-refractivity contribution in [2.45, 2.75) is 64.0 Å². The highest BCUT2D eigenvalue weighted by molar-refractivity contribution is 5.67. The predicted octanol–water partition coefficient (Wildman–Crippen LogP) is 7.90. The summed E-state index contributed by atoms with van der Waals surface area (Å²) in [6.45, 7) is 2.19. The van der Waals surface area contributed by atoms with Crippen molar-refractivity contribution >= 4 is 0 Å². The number of hydrogen-bond acceptors (Lipinski definition) is 0. The zero-order chi connectivity index (χ0) is 20.8. The molecule has 2 aliphatic rings. The molecule has 0 saturated heterocycles. The first-order valence-corrected chi connectivity index (χ1v) is 10.5. The molecule has 156 valence electrons. The van der Waals surface area contributed by atoms with Gasteiger partial charge in [0.25, 0.3) is 0 Å². The molecule has 4 rings (SSSR count). The van der Waals surface area contributed by atoms with Crippen LogP contribution in [0.3, 0.4) is 0 Å². The highest BCUT2D eigenvalue weighted by Gasteiger charge is 2.37. The number of alkyl halides is 3. The Morgan fingerprint density at radius 2 is 1.72 bits per heavy atom. The Morgan fingerprint density at radius 1 is 1.00 bits per heavy atom. The van der Waals surface area contributed by atoms with Gasteiger partial charge in [0, 0.05) is 0 Å². The van der Waals surface area contributed by atoms with Gasteiger partial charge in [-0.05, 0) is 84.7 Å². The van der Waals surface area contributed by atoms with E-state index in [1.165, 1.54) is 18.9 Å². The fourth-order valence-electron chi connectivity index (χ4n) is 5.44. The van der Waals surface area contributed by atoms with Crippen molar-refractivity contribution in [1.82, 2.24) is 0 Å². The summed E-state index contributed by atoms with van der Waals surface area (Å²) >= 11 is 0. The van der Waals surface area contributed by atoms with E-state index in [0.717, 1.165) is 55.5 Å². The van der Waals surface area contributed by atoms with Gasteiger partial charge in [-0.3, -0.25) is 0 Å². The van der Waals surface area contributed by atoms with Crippen LogP contribution in [0.5, 0.6) is 0 Å². The van der Waals surface area contributed by atoms with Crippen LogP contribution in [0.15, 0.2) is 30.3 Å². The standard InChI is InChI=1S/C24H25F5/c1-2-3-14-4-10-18-16(12-14)7-11-19-20(18)13-21(25)22(23(19)26)15-5-8-17(9-6-15)24(27,28)29/h5-6,8-9,13-14,16,18H,2-4,7,10-12H2,1H3. The molecule has 2 aromatic rings. The Bertz CT molecular complexity index is 882. The lowest BCUT2D eigenvalue weighted by atomic mass is 9.64. The van der Waals surface area contributed by atoms with Crippen molar-refractivity contribution in [2.75, 3.05) is 0 Å². The number of benzene rings is 2. The maximum Gasteiger partial charge on any atom is 0.416 e. The van der Waals surface area contributed by atoms with Gasteiger partial charge in [0.15, 0.2) is 0 Å². The van der Waals surface area contributed by atoms with Gasteiger partial charge in [-0.15, -0.1) is 0 Å². The summed E-state index contributed by atoms with van der Waals surface area (Å²) in [4.78, 5) is 0. The molecule has 0 heterocycles. The molecule has 2 aliphatic carbocycles. The van der Waals surface area contributed by atoms with Gasteiger partial charge in [0.1, 0.15) is 11.6 Å². The van der Waals surface area contributed by atoms with E-state index in [2.05, 4.69) is 6.92 Å². The van der Waals surface area contributed by atoms with Crippen molar-refractivity contribution < 1.29 is 22.0 Å². The summed E-state index contributed by atoms with van der Waals surface area (Å²) in [5, 5.41) is 0. The van der Waals surface area contributed by atoms with Crippen LogP contribution in [0.25, 0.3) is 11.1 Å². The third kappa shape index (κ3) is 3.80. The molecular weight excluding hydrogens is 383 g/mol. The summed E-state index contributed by atoms with van der Waals surface area (Å²) in [5.74, 6) is 0.0937. The zero-order valence-corrected chi connectivity index (χ0v) is 16.5. The normalized spacial score (nSPS) is 24.1. The van der Waals surface area contributed by atoms with Gasteiger partial charge >= 0.3 is 6.18 Å². The van der Waals surface area contributed by atoms with Crippen molar-refractivity contribution in [1.29, 1.82) is 0 Å². The highest BCUT2D eigenvalue weighted by atomic mass is 19.4. The van der Waals surface area contributed by atoms with E-state index >= 15 is 4.39 Å². The van der Waals surface area contributed by atoms with Crippen LogP contribution in [-0.2, 0) is 12.6 Å². The zero-order valence-electron chi connectivity index (χ0n) is 16.5. The summed E-state index contributed by atoms with van der Waals surface area (Å²) in [5.41, 5.74) is 0.435. The molecule has 3 atom stereocenters. The Kier molecular flexibility index (Phi) is 5.43. The molecule has 1 fully saturated rings. The van der Waals surface area contributed by atoms with Crippen LogP contribution in [-0.4, -0.2) is 0 Å². The predicted molar refractivity (Wildman–Crippen MR) is 104 cm³/mol. The van der Waals surface area contributed by atoms with Crippen LogP contribution in [0, 0.1) is 23.5 Å². The molecule has 2 aromatic carbocycles. The molecule has 1 saturated carbocycles. The number of rotatable bonds is 3. The van der Waals surface area contributed by atoms with Crippen LogP contribution in [0.4, 0.5) is 22.0 Å². The van der Waals surface area contributed by atoms with Gasteiger partial charge < -0.3 is 0 Å². The van der Waals surface area contributed by atoms with Crippen molar-refractivity contribution in [3.8, 4) is 11.1 Å². The first-order chi connectivity index (χ1) is 13.8. The topological polar surface area (TPSA) is 0 Å². The summed E-state index contributed by atoms with van der Waals surface area (Å²) in [6.07, 6.45) is 2.55. The molecule has 29 heavy (non-hydrogen) atoms. The third-order valence-corrected chi connectivity index (χ3v) is 6.81. The molecular formula is C24H25F5. The quantitative estimate of drug-likeness (QED) is 0.453. The van der Waals surface area contributed by atoms with E-state index < -0.39 is 23.4 Å². The lowest BCUT2D eigenvalue weighted by Crippen LogP contribution is -2.29. The molecule has 0 radical (unpaired) electrons. The van der Waals surface area contributed by atoms with Crippen molar-refractivity contribution in [3.05, 3.63) is 58.7 Å². The van der Waals surface area contributed by atoms with Gasteiger partial charge in [0.2, 0.25) is 0 Å². The van der Waals surface area contributed by atoms with Gasteiger partial charge in [-0.2, -0.15) is 13.2 Å². The Balaban J connectivity index is 1.67. The van der Waals surface area contributed by atoms with Gasteiger partial charge in [0.05, 0.1) is 11.1 Å². The average molecular weight is 408 g/mol. The lowest BCUT2D eigenvalue weighted by Gasteiger charge is -2.41. The third-order valence-electron chi connectivity index (χ3n) is 6.81. The minimum absolute atomic E-state index is 0.143. The number of fused-ring (bicyclic) bond motifs is 3. The van der Waals surface area contributed by atoms with E-state index in [1.807, 2.05) is 0 Å². The smallest absolute Gasteiger partial charge is 0.206 e. The maximum atomic E-state index is 15.3. The van der Waals surface area contributed by atoms with Crippen molar-refractivity contribution in [3.63, 3.8) is 0 Å². The Hall–Kier alpha value is -1.91. The fourth-order valence-corrected chi connectivity index (χ4v) is 5.44. The van der Waals surface area contributed by atoms with Crippen LogP contribution in [0.2, 0.25) is 0 Å². The van der Waals surface area contributed by atoms with E-state index in [4.69, 9.17) is 0 Å². The second-order valence-corrected chi connectivity index (χ2v) is 8.56. The molecule has 0 N–H and O–H groups in total. The summed E-state index contributed by atoms with van der Waals surface area (Å²) in [7, 11) is 0. The largest absolute Gasteiger partial charge is 0.416 e. The summed E-state index contributed by atoms with van der Waals surface area (Å²) < 4.78 is 68.7. The molecule has 0 bridgehead atoms. The Morgan fingerprint density at radius 3 is 2.38 bits per heavy atom. The molecule has 0 amide bonds. The second kappa shape index (κ2) is 7.73. The van der Waals surface area contributed by atoms with E-state index in [9.17, 15) is 17.6 Å². The molecule has 0 aliphatic heterocycles. The monoisotopic (exact) mass is 408 g/mol. The van der Waals surface area contributed by atoms with Crippen LogP contribution in [0.1, 0.15) is 68.1 Å². The second-order valence-electron chi connectivity index (χ2n) is 8.56. The van der Waals surface area contributed by atoms with E-state index in [1.54, 1.807) is 0 Å². The Labute approximate surface area is 168 Å². The average Bonchev–Trinajstić information content (AvgIpc) is 2.67. The fraction of sp³-hybridized carbons (Fsp3) is 0.500. The van der Waals surface area contributed by atoms with Crippen LogP contribution < -0.4 is 0 Å². The van der Waals surface area contributed by atoms with Crippen LogP contribution >= 0.6 is 0 Å². The van der Waals surface area contributed by atoms with Gasteiger partial charge in [-0.25, -0.2) is 8.78 Å². The number of halogens is 5. The van der Waals surface area contributed by atoms with Gasteiger partial charge in [-0.1, -0.05) is 31.9 Å². The molecule has 0 nitrogen and oxygen atoms in total.